The lowest BCUT2D eigenvalue weighted by Gasteiger charge is -2.18. The first-order valence-electron chi connectivity index (χ1n) is 4.30. The summed E-state index contributed by atoms with van der Waals surface area (Å²) in [5.74, 6) is 0. The molecular weight excluding hydrogens is 198 g/mol. The molecule has 2 N–H and O–H groups in total. The van der Waals surface area contributed by atoms with Crippen molar-refractivity contribution in [1.29, 1.82) is 5.26 Å². The number of hydrogen-bond acceptors (Lipinski definition) is 3. The molecule has 1 rings (SSSR count). The van der Waals surface area contributed by atoms with E-state index >= 15 is 0 Å². The summed E-state index contributed by atoms with van der Waals surface area (Å²) in [5.41, 5.74) is 6.90. The molecule has 0 saturated carbocycles. The summed E-state index contributed by atoms with van der Waals surface area (Å²) in [6.07, 6.45) is 0. The topological polar surface area (TPSA) is 53.0 Å². The summed E-state index contributed by atoms with van der Waals surface area (Å²) in [5, 5.41) is 9.16. The Balaban J connectivity index is 2.92. The largest absolute Gasteiger partial charge is 0.373 e. The minimum Gasteiger partial charge on any atom is -0.373 e. The second kappa shape index (κ2) is 4.85. The summed E-state index contributed by atoms with van der Waals surface area (Å²) in [6, 6.07) is 7.37. The van der Waals surface area contributed by atoms with E-state index in [4.69, 9.17) is 22.6 Å². The summed E-state index contributed by atoms with van der Waals surface area (Å²) < 4.78 is 0. The van der Waals surface area contributed by atoms with Crippen LogP contribution in [0, 0.1) is 11.3 Å². The first-order chi connectivity index (χ1) is 6.69. The van der Waals surface area contributed by atoms with E-state index in [-0.39, 0.29) is 0 Å². The second-order valence-corrected chi connectivity index (χ2v) is 3.39. The molecule has 0 bridgehead atoms. The van der Waals surface area contributed by atoms with Crippen LogP contribution in [-0.4, -0.2) is 20.1 Å². The number of halogens is 1. The molecule has 0 spiro atoms. The van der Waals surface area contributed by atoms with Gasteiger partial charge in [0.15, 0.2) is 0 Å². The minimum absolute atomic E-state index is 0.480. The van der Waals surface area contributed by atoms with E-state index in [1.54, 1.807) is 12.1 Å². The number of anilines is 1. The van der Waals surface area contributed by atoms with Gasteiger partial charge in [0.25, 0.3) is 0 Å². The van der Waals surface area contributed by atoms with E-state index in [0.717, 1.165) is 12.2 Å². The Morgan fingerprint density at radius 2 is 2.29 bits per heavy atom. The Bertz CT molecular complexity index is 357. The number of benzene rings is 1. The Kier molecular flexibility index (Phi) is 3.75. The second-order valence-electron chi connectivity index (χ2n) is 2.99. The van der Waals surface area contributed by atoms with Gasteiger partial charge in [-0.1, -0.05) is 11.6 Å². The van der Waals surface area contributed by atoms with E-state index < -0.39 is 0 Å². The molecule has 0 saturated heterocycles. The zero-order chi connectivity index (χ0) is 10.6. The van der Waals surface area contributed by atoms with Crippen molar-refractivity contribution in [2.45, 2.75) is 0 Å². The number of hydrogen-bond donors (Lipinski definition) is 1. The van der Waals surface area contributed by atoms with Gasteiger partial charge in [-0.3, -0.25) is 0 Å². The number of rotatable bonds is 3. The molecule has 0 heterocycles. The van der Waals surface area contributed by atoms with Gasteiger partial charge in [-0.25, -0.2) is 0 Å². The van der Waals surface area contributed by atoms with E-state index in [2.05, 4.69) is 0 Å². The fraction of sp³-hybridized carbons (Fsp3) is 0.300. The Labute approximate surface area is 88.7 Å². The molecule has 0 atom stereocenters. The molecule has 0 aliphatic carbocycles. The highest BCUT2D eigenvalue weighted by atomic mass is 35.5. The van der Waals surface area contributed by atoms with Crippen LogP contribution >= 0.6 is 11.6 Å². The van der Waals surface area contributed by atoms with Crippen LogP contribution in [-0.2, 0) is 0 Å². The number of nitriles is 1. The third-order valence-corrected chi connectivity index (χ3v) is 2.29. The van der Waals surface area contributed by atoms with Gasteiger partial charge in [-0.2, -0.15) is 5.26 Å². The van der Waals surface area contributed by atoms with Crippen LogP contribution in [0.3, 0.4) is 0 Å². The zero-order valence-corrected chi connectivity index (χ0v) is 8.75. The molecule has 1 aromatic carbocycles. The first kappa shape index (κ1) is 10.8. The molecule has 74 valence electrons. The number of likely N-dealkylation sites (N-methyl/N-ethyl adjacent to an activating group) is 1. The van der Waals surface area contributed by atoms with Crippen LogP contribution in [0.4, 0.5) is 5.69 Å². The highest BCUT2D eigenvalue weighted by Gasteiger charge is 2.03. The van der Waals surface area contributed by atoms with Crippen LogP contribution in [0.25, 0.3) is 0 Å². The monoisotopic (exact) mass is 209 g/mol. The average Bonchev–Trinajstić information content (AvgIpc) is 2.18. The van der Waals surface area contributed by atoms with Crippen LogP contribution in [0.1, 0.15) is 5.56 Å². The van der Waals surface area contributed by atoms with Crippen molar-refractivity contribution in [1.82, 2.24) is 0 Å². The molecule has 4 heteroatoms. The third kappa shape index (κ3) is 2.38. The van der Waals surface area contributed by atoms with Gasteiger partial charge >= 0.3 is 0 Å². The summed E-state index contributed by atoms with van der Waals surface area (Å²) in [6.45, 7) is 1.36. The molecular formula is C10H12ClN3. The first-order valence-corrected chi connectivity index (χ1v) is 4.67. The van der Waals surface area contributed by atoms with Crippen molar-refractivity contribution in [3.8, 4) is 6.07 Å². The Morgan fingerprint density at radius 3 is 2.79 bits per heavy atom. The molecule has 14 heavy (non-hydrogen) atoms. The van der Waals surface area contributed by atoms with Crippen LogP contribution in [0.15, 0.2) is 18.2 Å². The van der Waals surface area contributed by atoms with Gasteiger partial charge in [-0.05, 0) is 18.2 Å². The van der Waals surface area contributed by atoms with E-state index in [1.165, 1.54) is 0 Å². The van der Waals surface area contributed by atoms with Gasteiger partial charge in [0.05, 0.1) is 10.6 Å². The molecule has 1 aromatic rings. The molecule has 0 aromatic heterocycles. The Morgan fingerprint density at radius 1 is 1.57 bits per heavy atom. The molecule has 3 nitrogen and oxygen atoms in total. The van der Waals surface area contributed by atoms with E-state index in [9.17, 15) is 0 Å². The highest BCUT2D eigenvalue weighted by Crippen LogP contribution is 2.22. The maximum atomic E-state index is 8.68. The van der Waals surface area contributed by atoms with Crippen molar-refractivity contribution < 1.29 is 0 Å². The molecule has 0 amide bonds. The van der Waals surface area contributed by atoms with Gasteiger partial charge in [0.2, 0.25) is 0 Å². The third-order valence-electron chi connectivity index (χ3n) is 1.98. The van der Waals surface area contributed by atoms with Gasteiger partial charge < -0.3 is 10.6 Å². The lowest BCUT2D eigenvalue weighted by Crippen LogP contribution is -2.24. The van der Waals surface area contributed by atoms with Crippen LogP contribution in [0.5, 0.6) is 0 Å². The van der Waals surface area contributed by atoms with Crippen molar-refractivity contribution in [3.05, 3.63) is 28.8 Å². The maximum absolute atomic E-state index is 8.68. The van der Waals surface area contributed by atoms with Crippen LogP contribution < -0.4 is 10.6 Å². The lowest BCUT2D eigenvalue weighted by molar-refractivity contribution is 0.886. The molecule has 0 fully saturated rings. The smallest absolute Gasteiger partial charge is 0.101 e. The number of nitrogens with zero attached hydrogens (tertiary/aromatic N) is 2. The minimum atomic E-state index is 0.480. The van der Waals surface area contributed by atoms with Crippen molar-refractivity contribution in [2.75, 3.05) is 25.0 Å². The quantitative estimate of drug-likeness (QED) is 0.823. The summed E-state index contributed by atoms with van der Waals surface area (Å²) >= 11 is 5.89. The standard InChI is InChI=1S/C10H12ClN3/c1-14(5-4-12)9-3-2-8(7-13)10(11)6-9/h2-3,6H,4-5,12H2,1H3. The average molecular weight is 210 g/mol. The summed E-state index contributed by atoms with van der Waals surface area (Å²) in [4.78, 5) is 1.99. The SMILES string of the molecule is CN(CCN)c1ccc(C#N)c(Cl)c1. The fourth-order valence-electron chi connectivity index (χ4n) is 1.15. The van der Waals surface area contributed by atoms with Gasteiger partial charge in [0, 0.05) is 25.8 Å². The molecule has 0 radical (unpaired) electrons. The Hall–Kier alpha value is -1.24. The summed E-state index contributed by atoms with van der Waals surface area (Å²) in [7, 11) is 1.94. The van der Waals surface area contributed by atoms with E-state index in [0.29, 0.717) is 17.1 Å². The predicted octanol–water partition coefficient (Wildman–Crippen LogP) is 1.61. The molecule has 0 aliphatic rings. The van der Waals surface area contributed by atoms with Crippen molar-refractivity contribution >= 4 is 17.3 Å². The number of nitrogens with two attached hydrogens (primary N) is 1. The van der Waals surface area contributed by atoms with Gasteiger partial charge in [0.1, 0.15) is 6.07 Å². The van der Waals surface area contributed by atoms with Crippen LogP contribution in [0.2, 0.25) is 5.02 Å². The van der Waals surface area contributed by atoms with Crippen molar-refractivity contribution in [2.24, 2.45) is 5.73 Å². The maximum Gasteiger partial charge on any atom is 0.101 e. The molecule has 0 aliphatic heterocycles. The lowest BCUT2D eigenvalue weighted by atomic mass is 10.2. The fourth-order valence-corrected chi connectivity index (χ4v) is 1.37. The van der Waals surface area contributed by atoms with Gasteiger partial charge in [-0.15, -0.1) is 0 Å². The predicted molar refractivity (Wildman–Crippen MR) is 58.5 cm³/mol. The zero-order valence-electron chi connectivity index (χ0n) is 8.00. The highest BCUT2D eigenvalue weighted by molar-refractivity contribution is 6.32. The normalized spacial score (nSPS) is 9.57. The molecule has 0 unspecified atom stereocenters. The van der Waals surface area contributed by atoms with Crippen molar-refractivity contribution in [3.63, 3.8) is 0 Å². The van der Waals surface area contributed by atoms with E-state index in [1.807, 2.05) is 24.1 Å².